The van der Waals surface area contributed by atoms with E-state index in [0.717, 1.165) is 24.0 Å². The van der Waals surface area contributed by atoms with Crippen molar-refractivity contribution < 1.29 is 4.79 Å². The maximum Gasteiger partial charge on any atom is 0.186 e. The van der Waals surface area contributed by atoms with E-state index in [1.807, 2.05) is 26.0 Å². The van der Waals surface area contributed by atoms with Crippen molar-refractivity contribution in [2.75, 3.05) is 0 Å². The zero-order chi connectivity index (χ0) is 12.1. The average Bonchev–Trinajstić information content (AvgIpc) is 2.25. The van der Waals surface area contributed by atoms with Crippen LogP contribution in [0.5, 0.6) is 0 Å². The lowest BCUT2D eigenvalue weighted by Gasteiger charge is -2.05. The summed E-state index contributed by atoms with van der Waals surface area (Å²) in [5.41, 5.74) is 4.30. The van der Waals surface area contributed by atoms with Crippen LogP contribution in [0.4, 0.5) is 0 Å². The van der Waals surface area contributed by atoms with Gasteiger partial charge in [0.05, 0.1) is 0 Å². The molecule has 0 atom stereocenters. The number of hydrogen-bond acceptors (Lipinski definition) is 1. The van der Waals surface area contributed by atoms with E-state index in [1.165, 1.54) is 11.1 Å². The maximum absolute atomic E-state index is 12.0. The first kappa shape index (κ1) is 12.7. The second kappa shape index (κ2) is 5.64. The summed E-state index contributed by atoms with van der Waals surface area (Å²) in [6.45, 7) is 8.21. The predicted octanol–water partition coefficient (Wildman–Crippen LogP) is 4.23. The van der Waals surface area contributed by atoms with E-state index < -0.39 is 0 Å². The summed E-state index contributed by atoms with van der Waals surface area (Å²) in [6, 6.07) is 5.97. The van der Waals surface area contributed by atoms with Crippen molar-refractivity contribution in [2.24, 2.45) is 0 Å². The number of hydrogen-bond donors (Lipinski definition) is 0. The Morgan fingerprint density at radius 3 is 2.31 bits per heavy atom. The summed E-state index contributed by atoms with van der Waals surface area (Å²) in [5.74, 6) is 0.135. The molecule has 1 heteroatoms. The lowest BCUT2D eigenvalue weighted by molar-refractivity contribution is 0.104. The van der Waals surface area contributed by atoms with Crippen molar-refractivity contribution in [3.63, 3.8) is 0 Å². The third-order valence-electron chi connectivity index (χ3n) is 2.89. The van der Waals surface area contributed by atoms with Gasteiger partial charge >= 0.3 is 0 Å². The summed E-state index contributed by atoms with van der Waals surface area (Å²) in [6.07, 6.45) is 3.69. The van der Waals surface area contributed by atoms with Crippen LogP contribution in [0.25, 0.3) is 0 Å². The number of rotatable bonds is 4. The molecule has 0 amide bonds. The highest BCUT2D eigenvalue weighted by Crippen LogP contribution is 2.14. The molecule has 0 aromatic heterocycles. The SMILES string of the molecule is CCC(=CC(=O)c1ccc(C)cc1C)CC. The summed E-state index contributed by atoms with van der Waals surface area (Å²) in [4.78, 5) is 12.0. The number of carbonyl (C=O) groups excluding carboxylic acids is 1. The smallest absolute Gasteiger partial charge is 0.186 e. The molecule has 0 saturated heterocycles. The van der Waals surface area contributed by atoms with Crippen LogP contribution in [-0.4, -0.2) is 5.78 Å². The molecule has 1 nitrogen and oxygen atoms in total. The summed E-state index contributed by atoms with van der Waals surface area (Å²) < 4.78 is 0. The fraction of sp³-hybridized carbons (Fsp3) is 0.400. The number of ketones is 1. The Morgan fingerprint density at radius 1 is 1.19 bits per heavy atom. The average molecular weight is 216 g/mol. The van der Waals surface area contributed by atoms with Crippen LogP contribution in [0.3, 0.4) is 0 Å². The third kappa shape index (κ3) is 3.06. The fourth-order valence-corrected chi connectivity index (χ4v) is 1.81. The standard InChI is InChI=1S/C15H20O/c1-5-13(6-2)10-15(16)14-8-7-11(3)9-12(14)4/h7-10H,5-6H2,1-4H3. The quantitative estimate of drug-likeness (QED) is 0.543. The molecular formula is C15H20O. The Hall–Kier alpha value is -1.37. The van der Waals surface area contributed by atoms with E-state index in [2.05, 4.69) is 19.9 Å². The second-order valence-electron chi connectivity index (χ2n) is 4.19. The lowest BCUT2D eigenvalue weighted by atomic mass is 9.99. The molecule has 1 aromatic rings. The molecule has 16 heavy (non-hydrogen) atoms. The monoisotopic (exact) mass is 216 g/mol. The van der Waals surface area contributed by atoms with Gasteiger partial charge in [-0.2, -0.15) is 0 Å². The molecule has 0 bridgehead atoms. The van der Waals surface area contributed by atoms with E-state index in [4.69, 9.17) is 0 Å². The maximum atomic E-state index is 12.0. The van der Waals surface area contributed by atoms with Gasteiger partial charge < -0.3 is 0 Å². The number of aryl methyl sites for hydroxylation is 2. The van der Waals surface area contributed by atoms with Crippen molar-refractivity contribution in [2.45, 2.75) is 40.5 Å². The highest BCUT2D eigenvalue weighted by atomic mass is 16.1. The van der Waals surface area contributed by atoms with Crippen molar-refractivity contribution in [3.8, 4) is 0 Å². The van der Waals surface area contributed by atoms with Gasteiger partial charge in [-0.05, 0) is 38.3 Å². The van der Waals surface area contributed by atoms with Gasteiger partial charge in [-0.3, -0.25) is 4.79 Å². The third-order valence-corrected chi connectivity index (χ3v) is 2.89. The van der Waals surface area contributed by atoms with Crippen LogP contribution in [0.1, 0.15) is 48.2 Å². The second-order valence-corrected chi connectivity index (χ2v) is 4.19. The van der Waals surface area contributed by atoms with Crippen LogP contribution in [0.15, 0.2) is 29.8 Å². The normalized spacial score (nSPS) is 10.0. The van der Waals surface area contributed by atoms with Crippen LogP contribution in [0, 0.1) is 13.8 Å². The molecule has 0 aliphatic carbocycles. The van der Waals surface area contributed by atoms with E-state index >= 15 is 0 Å². The summed E-state index contributed by atoms with van der Waals surface area (Å²) in [7, 11) is 0. The first-order valence-corrected chi connectivity index (χ1v) is 5.89. The summed E-state index contributed by atoms with van der Waals surface area (Å²) in [5, 5.41) is 0. The molecule has 0 aliphatic heterocycles. The van der Waals surface area contributed by atoms with Gasteiger partial charge in [0.1, 0.15) is 0 Å². The molecule has 0 radical (unpaired) electrons. The van der Waals surface area contributed by atoms with Gasteiger partial charge in [-0.1, -0.05) is 43.2 Å². The molecule has 0 heterocycles. The van der Waals surface area contributed by atoms with Gasteiger partial charge in [-0.25, -0.2) is 0 Å². The molecule has 1 rings (SSSR count). The topological polar surface area (TPSA) is 17.1 Å². The molecule has 0 spiro atoms. The van der Waals surface area contributed by atoms with Gasteiger partial charge in [0, 0.05) is 5.56 Å². The Balaban J connectivity index is 3.01. The van der Waals surface area contributed by atoms with Crippen LogP contribution < -0.4 is 0 Å². The molecule has 0 fully saturated rings. The highest BCUT2D eigenvalue weighted by Gasteiger charge is 2.06. The Morgan fingerprint density at radius 2 is 1.81 bits per heavy atom. The summed E-state index contributed by atoms with van der Waals surface area (Å²) >= 11 is 0. The lowest BCUT2D eigenvalue weighted by Crippen LogP contribution is -1.99. The minimum atomic E-state index is 0.135. The largest absolute Gasteiger partial charge is 0.289 e. The molecule has 0 saturated carbocycles. The number of benzene rings is 1. The minimum absolute atomic E-state index is 0.135. The molecular weight excluding hydrogens is 196 g/mol. The van der Waals surface area contributed by atoms with Crippen molar-refractivity contribution in [1.29, 1.82) is 0 Å². The zero-order valence-electron chi connectivity index (χ0n) is 10.6. The molecule has 86 valence electrons. The van der Waals surface area contributed by atoms with Crippen LogP contribution >= 0.6 is 0 Å². The van der Waals surface area contributed by atoms with Gasteiger partial charge in [0.15, 0.2) is 5.78 Å². The van der Waals surface area contributed by atoms with Crippen molar-refractivity contribution in [1.82, 2.24) is 0 Å². The van der Waals surface area contributed by atoms with Crippen molar-refractivity contribution >= 4 is 5.78 Å². The first-order chi connectivity index (χ1) is 7.58. The van der Waals surface area contributed by atoms with E-state index in [1.54, 1.807) is 6.08 Å². The van der Waals surface area contributed by atoms with E-state index in [0.29, 0.717) is 0 Å². The van der Waals surface area contributed by atoms with E-state index in [-0.39, 0.29) is 5.78 Å². The van der Waals surface area contributed by atoms with Crippen LogP contribution in [0.2, 0.25) is 0 Å². The minimum Gasteiger partial charge on any atom is -0.289 e. The molecule has 0 N–H and O–H groups in total. The molecule has 0 aliphatic rings. The fourth-order valence-electron chi connectivity index (χ4n) is 1.81. The molecule has 0 unspecified atom stereocenters. The van der Waals surface area contributed by atoms with Gasteiger partial charge in [-0.15, -0.1) is 0 Å². The number of allylic oxidation sites excluding steroid dienone is 2. The Kier molecular flexibility index (Phi) is 4.48. The van der Waals surface area contributed by atoms with Gasteiger partial charge in [0.25, 0.3) is 0 Å². The number of carbonyl (C=O) groups is 1. The predicted molar refractivity (Wildman–Crippen MR) is 68.9 cm³/mol. The molecule has 1 aromatic carbocycles. The van der Waals surface area contributed by atoms with Crippen molar-refractivity contribution in [3.05, 3.63) is 46.5 Å². The first-order valence-electron chi connectivity index (χ1n) is 5.89. The van der Waals surface area contributed by atoms with Crippen LogP contribution in [-0.2, 0) is 0 Å². The van der Waals surface area contributed by atoms with Gasteiger partial charge in [0.2, 0.25) is 0 Å². The Bertz CT molecular complexity index is 407. The Labute approximate surface area is 98.2 Å². The highest BCUT2D eigenvalue weighted by molar-refractivity contribution is 6.05. The van der Waals surface area contributed by atoms with E-state index in [9.17, 15) is 4.79 Å². The zero-order valence-corrected chi connectivity index (χ0v) is 10.6.